The molecule has 0 unspecified atom stereocenters. The third-order valence-corrected chi connectivity index (χ3v) is 4.54. The Kier molecular flexibility index (Phi) is 6.72. The smallest absolute Gasteiger partial charge is 0.262 e. The Hall–Kier alpha value is -4.20. The maximum Gasteiger partial charge on any atom is 0.262 e. The lowest BCUT2D eigenvalue weighted by Gasteiger charge is -2.11. The quantitative estimate of drug-likeness (QED) is 0.426. The molecule has 162 valence electrons. The van der Waals surface area contributed by atoms with Crippen LogP contribution < -0.4 is 14.8 Å². The number of rotatable bonds is 9. The fourth-order valence-electron chi connectivity index (χ4n) is 3.04. The molecule has 0 saturated carbocycles. The van der Waals surface area contributed by atoms with Gasteiger partial charge in [-0.05, 0) is 55.0 Å². The largest absolute Gasteiger partial charge is 0.494 e. The third kappa shape index (κ3) is 5.48. The van der Waals surface area contributed by atoms with Gasteiger partial charge in [-0.2, -0.15) is 4.98 Å². The first-order valence-electron chi connectivity index (χ1n) is 10.2. The number of para-hydroxylation sites is 1. The Balaban J connectivity index is 1.37. The minimum Gasteiger partial charge on any atom is -0.494 e. The van der Waals surface area contributed by atoms with Crippen LogP contribution in [-0.4, -0.2) is 34.2 Å². The number of hydrogen-bond acceptors (Lipinski definition) is 7. The average molecular weight is 430 g/mol. The summed E-state index contributed by atoms with van der Waals surface area (Å²) in [5, 5.41) is 6.91. The van der Waals surface area contributed by atoms with Crippen molar-refractivity contribution in [2.24, 2.45) is 0 Å². The second-order valence-corrected chi connectivity index (χ2v) is 6.82. The van der Waals surface area contributed by atoms with Gasteiger partial charge in [0, 0.05) is 23.6 Å². The highest BCUT2D eigenvalue weighted by molar-refractivity contribution is 5.92. The number of aromatic nitrogens is 3. The van der Waals surface area contributed by atoms with Crippen molar-refractivity contribution >= 4 is 11.6 Å². The molecule has 0 spiro atoms. The summed E-state index contributed by atoms with van der Waals surface area (Å²) in [4.78, 5) is 20.9. The van der Waals surface area contributed by atoms with Gasteiger partial charge in [-0.15, -0.1) is 0 Å². The molecule has 1 amide bonds. The van der Waals surface area contributed by atoms with Gasteiger partial charge in [0.1, 0.15) is 11.5 Å². The molecule has 0 aliphatic carbocycles. The number of carbonyl (C=O) groups is 1. The summed E-state index contributed by atoms with van der Waals surface area (Å²) in [7, 11) is 0. The number of pyridine rings is 1. The number of hydrogen-bond donors (Lipinski definition) is 1. The number of nitrogens with one attached hydrogen (secondary N) is 1. The second-order valence-electron chi connectivity index (χ2n) is 6.82. The highest BCUT2D eigenvalue weighted by atomic mass is 16.5. The van der Waals surface area contributed by atoms with Gasteiger partial charge < -0.3 is 19.3 Å². The van der Waals surface area contributed by atoms with E-state index in [0.717, 1.165) is 16.9 Å². The minimum atomic E-state index is -0.269. The van der Waals surface area contributed by atoms with Crippen LogP contribution in [0.2, 0.25) is 0 Å². The van der Waals surface area contributed by atoms with Crippen LogP contribution in [0.25, 0.3) is 11.4 Å². The summed E-state index contributed by atoms with van der Waals surface area (Å²) in [6, 6.07) is 18.2. The lowest BCUT2D eigenvalue weighted by molar-refractivity contribution is -0.118. The monoisotopic (exact) mass is 430 g/mol. The van der Waals surface area contributed by atoms with Crippen LogP contribution in [0.5, 0.6) is 11.5 Å². The maximum absolute atomic E-state index is 12.4. The first-order valence-corrected chi connectivity index (χ1v) is 10.2. The molecule has 0 bridgehead atoms. The lowest BCUT2D eigenvalue weighted by Crippen LogP contribution is -2.21. The van der Waals surface area contributed by atoms with Crippen molar-refractivity contribution in [1.29, 1.82) is 0 Å². The zero-order valence-corrected chi connectivity index (χ0v) is 17.5. The molecule has 1 N–H and O–H groups in total. The van der Waals surface area contributed by atoms with E-state index in [1.165, 1.54) is 0 Å². The van der Waals surface area contributed by atoms with Crippen LogP contribution in [0.1, 0.15) is 18.4 Å². The van der Waals surface area contributed by atoms with Gasteiger partial charge in [-0.3, -0.25) is 9.78 Å². The van der Waals surface area contributed by atoms with Gasteiger partial charge in [0.05, 0.1) is 13.0 Å². The van der Waals surface area contributed by atoms with E-state index in [-0.39, 0.29) is 12.5 Å². The number of amides is 1. The van der Waals surface area contributed by atoms with Crippen LogP contribution >= 0.6 is 0 Å². The van der Waals surface area contributed by atoms with Crippen LogP contribution in [0.15, 0.2) is 77.6 Å². The fourth-order valence-corrected chi connectivity index (χ4v) is 3.04. The molecule has 8 nitrogen and oxygen atoms in total. The molecule has 8 heteroatoms. The van der Waals surface area contributed by atoms with Gasteiger partial charge in [-0.1, -0.05) is 23.4 Å². The van der Waals surface area contributed by atoms with E-state index in [9.17, 15) is 4.79 Å². The first kappa shape index (κ1) is 21.0. The Morgan fingerprint density at radius 3 is 2.44 bits per heavy atom. The molecular formula is C24H22N4O4. The van der Waals surface area contributed by atoms with Crippen LogP contribution in [0, 0.1) is 0 Å². The summed E-state index contributed by atoms with van der Waals surface area (Å²) in [5.74, 6) is 2.02. The Morgan fingerprint density at radius 1 is 0.969 bits per heavy atom. The highest BCUT2D eigenvalue weighted by Crippen LogP contribution is 2.21. The van der Waals surface area contributed by atoms with Crippen molar-refractivity contribution < 1.29 is 18.8 Å². The van der Waals surface area contributed by atoms with Gasteiger partial charge in [0.2, 0.25) is 11.7 Å². The first-order chi connectivity index (χ1) is 15.7. The summed E-state index contributed by atoms with van der Waals surface area (Å²) in [6.07, 6.45) is 3.73. The molecule has 0 fully saturated rings. The third-order valence-electron chi connectivity index (χ3n) is 4.54. The van der Waals surface area contributed by atoms with Crippen LogP contribution in [0.4, 0.5) is 5.69 Å². The summed E-state index contributed by atoms with van der Waals surface area (Å²) < 4.78 is 16.4. The lowest BCUT2D eigenvalue weighted by atomic mass is 10.1. The maximum atomic E-state index is 12.4. The Morgan fingerprint density at radius 2 is 1.69 bits per heavy atom. The Labute approximate surface area is 185 Å². The van der Waals surface area contributed by atoms with Crippen molar-refractivity contribution in [3.8, 4) is 22.9 Å². The normalized spacial score (nSPS) is 10.5. The van der Waals surface area contributed by atoms with Crippen molar-refractivity contribution in [1.82, 2.24) is 15.1 Å². The number of anilines is 1. The minimum absolute atomic E-state index is 0.116. The zero-order chi connectivity index (χ0) is 22.2. The molecule has 2 aromatic carbocycles. The number of ether oxygens (including phenoxy) is 2. The molecular weight excluding hydrogens is 408 g/mol. The van der Waals surface area contributed by atoms with E-state index in [4.69, 9.17) is 14.0 Å². The van der Waals surface area contributed by atoms with E-state index in [0.29, 0.717) is 36.2 Å². The average Bonchev–Trinajstić information content (AvgIpc) is 3.29. The van der Waals surface area contributed by atoms with E-state index in [2.05, 4.69) is 20.4 Å². The molecule has 0 aliphatic rings. The van der Waals surface area contributed by atoms with Gasteiger partial charge in [-0.25, -0.2) is 0 Å². The molecule has 0 atom stereocenters. The van der Waals surface area contributed by atoms with Crippen molar-refractivity contribution in [3.63, 3.8) is 0 Å². The van der Waals surface area contributed by atoms with Crippen LogP contribution in [-0.2, 0) is 11.2 Å². The molecule has 0 saturated heterocycles. The standard InChI is InChI=1S/C24H22N4O4/c1-2-30-19-7-9-20(10-8-19)31-16-22(29)26-21-6-4-3-5-18(21)15-23-27-24(28-32-23)17-11-13-25-14-12-17/h3-14H,2,15-16H2,1H3,(H,26,29). The van der Waals surface area contributed by atoms with Crippen LogP contribution in [0.3, 0.4) is 0 Å². The van der Waals surface area contributed by atoms with Crippen molar-refractivity contribution in [3.05, 3.63) is 84.5 Å². The summed E-state index contributed by atoms with van der Waals surface area (Å²) in [6.45, 7) is 2.40. The number of carbonyl (C=O) groups excluding carboxylic acids is 1. The van der Waals surface area contributed by atoms with Gasteiger partial charge >= 0.3 is 0 Å². The molecule has 32 heavy (non-hydrogen) atoms. The zero-order valence-electron chi connectivity index (χ0n) is 17.5. The van der Waals surface area contributed by atoms with Crippen molar-refractivity contribution in [2.75, 3.05) is 18.5 Å². The van der Waals surface area contributed by atoms with Gasteiger partial charge in [0.25, 0.3) is 5.91 Å². The van der Waals surface area contributed by atoms with E-state index in [1.807, 2.05) is 43.3 Å². The topological polar surface area (TPSA) is 99.4 Å². The van der Waals surface area contributed by atoms with E-state index < -0.39 is 0 Å². The summed E-state index contributed by atoms with van der Waals surface area (Å²) in [5.41, 5.74) is 2.34. The van der Waals surface area contributed by atoms with Gasteiger partial charge in [0.15, 0.2) is 6.61 Å². The summed E-state index contributed by atoms with van der Waals surface area (Å²) >= 11 is 0. The second kappa shape index (κ2) is 10.2. The molecule has 0 aliphatic heterocycles. The van der Waals surface area contributed by atoms with E-state index in [1.54, 1.807) is 36.7 Å². The molecule has 0 radical (unpaired) electrons. The predicted molar refractivity (Wildman–Crippen MR) is 119 cm³/mol. The molecule has 2 heterocycles. The van der Waals surface area contributed by atoms with E-state index >= 15 is 0 Å². The molecule has 2 aromatic heterocycles. The number of nitrogens with zero attached hydrogens (tertiary/aromatic N) is 3. The predicted octanol–water partition coefficient (Wildman–Crippen LogP) is 4.14. The highest BCUT2D eigenvalue weighted by Gasteiger charge is 2.13. The Bertz CT molecular complexity index is 1160. The molecule has 4 rings (SSSR count). The SMILES string of the molecule is CCOc1ccc(OCC(=O)Nc2ccccc2Cc2nc(-c3ccncc3)no2)cc1. The molecule has 4 aromatic rings. The van der Waals surface area contributed by atoms with Crippen molar-refractivity contribution in [2.45, 2.75) is 13.3 Å². The number of benzene rings is 2. The fraction of sp³-hybridized carbons (Fsp3) is 0.167.